The highest BCUT2D eigenvalue weighted by atomic mass is 35.5. The van der Waals surface area contributed by atoms with Gasteiger partial charge in [0.15, 0.2) is 11.9 Å². The quantitative estimate of drug-likeness (QED) is 0.383. The molecular formula is C19H24ClNO4S. The number of carbonyl (C=O) groups excluding carboxylic acids is 3. The summed E-state index contributed by atoms with van der Waals surface area (Å²) in [4.78, 5) is 36.3. The molecule has 1 amide bonds. The van der Waals surface area contributed by atoms with E-state index >= 15 is 0 Å². The zero-order valence-corrected chi connectivity index (χ0v) is 16.5. The molecule has 0 aromatic carbocycles. The molecule has 0 saturated carbocycles. The summed E-state index contributed by atoms with van der Waals surface area (Å²) in [6.45, 7) is 2.08. The number of rotatable bonds is 9. The lowest BCUT2D eigenvalue weighted by Crippen LogP contribution is -2.36. The standard InChI is InChI=1S/C19H24ClNO4S/c1-13(19(24)21-12-11-14-5-3-2-4-6-14)25-18(23)10-7-15(22)16-8-9-17(20)26-16/h5,8-9,13H,2-4,6-7,10-12H2,1H3,(H,21,24)/t13-/m1/s1. The molecule has 0 saturated heterocycles. The Balaban J connectivity index is 1.64. The first kappa shape index (κ1) is 20.6. The number of esters is 1. The Morgan fingerprint density at radius 1 is 1.27 bits per heavy atom. The third kappa shape index (κ3) is 6.92. The van der Waals surface area contributed by atoms with Gasteiger partial charge in [-0.25, -0.2) is 0 Å². The van der Waals surface area contributed by atoms with Crippen molar-refractivity contribution in [2.75, 3.05) is 6.54 Å². The lowest BCUT2D eigenvalue weighted by Gasteiger charge is -2.15. The zero-order chi connectivity index (χ0) is 18.9. The van der Waals surface area contributed by atoms with E-state index in [1.165, 1.54) is 36.7 Å². The van der Waals surface area contributed by atoms with Crippen molar-refractivity contribution in [3.8, 4) is 0 Å². The molecule has 1 heterocycles. The highest BCUT2D eigenvalue weighted by molar-refractivity contribution is 7.18. The SMILES string of the molecule is C[C@@H](OC(=O)CCC(=O)c1ccc(Cl)s1)C(=O)NCCC1=CCCCC1. The molecule has 7 heteroatoms. The van der Waals surface area contributed by atoms with Gasteiger partial charge in [0.2, 0.25) is 0 Å². The van der Waals surface area contributed by atoms with Crippen molar-refractivity contribution < 1.29 is 19.1 Å². The molecule has 1 aliphatic carbocycles. The third-order valence-corrected chi connectivity index (χ3v) is 5.48. The lowest BCUT2D eigenvalue weighted by molar-refractivity contribution is -0.154. The number of allylic oxidation sites excluding steroid dienone is 1. The van der Waals surface area contributed by atoms with Crippen LogP contribution in [0.4, 0.5) is 0 Å². The number of hydrogen-bond donors (Lipinski definition) is 1. The van der Waals surface area contributed by atoms with E-state index in [1.807, 2.05) is 0 Å². The first-order valence-corrected chi connectivity index (χ1v) is 10.1. The molecule has 0 aliphatic heterocycles. The fraction of sp³-hybridized carbons (Fsp3) is 0.526. The monoisotopic (exact) mass is 397 g/mol. The summed E-state index contributed by atoms with van der Waals surface area (Å²) in [5, 5.41) is 2.79. The van der Waals surface area contributed by atoms with Crippen LogP contribution < -0.4 is 5.32 Å². The maximum Gasteiger partial charge on any atom is 0.307 e. The molecule has 142 valence electrons. The van der Waals surface area contributed by atoms with Crippen LogP contribution in [-0.4, -0.2) is 30.3 Å². The highest BCUT2D eigenvalue weighted by Gasteiger charge is 2.19. The minimum atomic E-state index is -0.867. The van der Waals surface area contributed by atoms with E-state index in [1.54, 1.807) is 12.1 Å². The first-order chi connectivity index (χ1) is 12.5. The van der Waals surface area contributed by atoms with Crippen molar-refractivity contribution in [3.63, 3.8) is 0 Å². The smallest absolute Gasteiger partial charge is 0.307 e. The van der Waals surface area contributed by atoms with Crippen molar-refractivity contribution in [2.24, 2.45) is 0 Å². The number of amides is 1. The number of thiophene rings is 1. The van der Waals surface area contributed by atoms with E-state index in [2.05, 4.69) is 11.4 Å². The summed E-state index contributed by atoms with van der Waals surface area (Å²) < 4.78 is 5.64. The topological polar surface area (TPSA) is 72.5 Å². The molecule has 26 heavy (non-hydrogen) atoms. The van der Waals surface area contributed by atoms with Crippen LogP contribution in [0, 0.1) is 0 Å². The predicted molar refractivity (Wildman–Crippen MR) is 103 cm³/mol. The van der Waals surface area contributed by atoms with Crippen molar-refractivity contribution in [1.29, 1.82) is 0 Å². The molecule has 1 N–H and O–H groups in total. The zero-order valence-electron chi connectivity index (χ0n) is 14.9. The maximum atomic E-state index is 12.0. The molecule has 0 bridgehead atoms. The van der Waals surface area contributed by atoms with Crippen LogP contribution in [0.2, 0.25) is 4.34 Å². The van der Waals surface area contributed by atoms with Gasteiger partial charge in [-0.3, -0.25) is 14.4 Å². The van der Waals surface area contributed by atoms with Gasteiger partial charge >= 0.3 is 5.97 Å². The van der Waals surface area contributed by atoms with E-state index in [-0.39, 0.29) is 24.5 Å². The third-order valence-electron chi connectivity index (χ3n) is 4.21. The average molecular weight is 398 g/mol. The van der Waals surface area contributed by atoms with Crippen LogP contribution in [0.15, 0.2) is 23.8 Å². The van der Waals surface area contributed by atoms with Crippen molar-refractivity contribution >= 4 is 40.6 Å². The number of halogens is 1. The van der Waals surface area contributed by atoms with Gasteiger partial charge in [-0.15, -0.1) is 11.3 Å². The summed E-state index contributed by atoms with van der Waals surface area (Å²) >= 11 is 6.97. The molecule has 0 spiro atoms. The molecule has 1 atom stereocenters. The molecular weight excluding hydrogens is 374 g/mol. The maximum absolute atomic E-state index is 12.0. The Bertz CT molecular complexity index is 683. The van der Waals surface area contributed by atoms with Crippen LogP contribution in [0.3, 0.4) is 0 Å². The van der Waals surface area contributed by atoms with Gasteiger partial charge in [0.05, 0.1) is 15.6 Å². The van der Waals surface area contributed by atoms with E-state index < -0.39 is 12.1 Å². The summed E-state index contributed by atoms with van der Waals surface area (Å²) in [5.41, 5.74) is 1.38. The number of carbonyl (C=O) groups is 3. The van der Waals surface area contributed by atoms with Gasteiger partial charge in [0, 0.05) is 13.0 Å². The normalized spacial score (nSPS) is 15.1. The highest BCUT2D eigenvalue weighted by Crippen LogP contribution is 2.23. The summed E-state index contributed by atoms with van der Waals surface area (Å²) in [7, 11) is 0. The number of hydrogen-bond acceptors (Lipinski definition) is 5. The van der Waals surface area contributed by atoms with Crippen LogP contribution in [0.5, 0.6) is 0 Å². The van der Waals surface area contributed by atoms with Gasteiger partial charge < -0.3 is 10.1 Å². The van der Waals surface area contributed by atoms with Gasteiger partial charge in [-0.1, -0.05) is 23.3 Å². The van der Waals surface area contributed by atoms with E-state index in [4.69, 9.17) is 16.3 Å². The summed E-state index contributed by atoms with van der Waals surface area (Å²) in [6, 6.07) is 3.28. The molecule has 1 aromatic heterocycles. The Morgan fingerprint density at radius 3 is 2.73 bits per heavy atom. The number of nitrogens with one attached hydrogen (secondary N) is 1. The van der Waals surface area contributed by atoms with Crippen LogP contribution in [0.1, 0.15) is 61.5 Å². The predicted octanol–water partition coefficient (Wildman–Crippen LogP) is 4.30. The molecule has 1 aliphatic rings. The number of Topliss-reactive ketones (excluding diaryl/α,β-unsaturated/α-hetero) is 1. The Hall–Kier alpha value is -1.66. The van der Waals surface area contributed by atoms with E-state index in [0.29, 0.717) is 15.8 Å². The summed E-state index contributed by atoms with van der Waals surface area (Å²) in [6.07, 6.45) is 6.87. The first-order valence-electron chi connectivity index (χ1n) is 8.89. The van der Waals surface area contributed by atoms with Crippen LogP contribution in [0.25, 0.3) is 0 Å². The Labute approximate surface area is 162 Å². The Morgan fingerprint density at radius 2 is 2.08 bits per heavy atom. The van der Waals surface area contributed by atoms with Gasteiger partial charge in [0.1, 0.15) is 0 Å². The van der Waals surface area contributed by atoms with Gasteiger partial charge in [0.25, 0.3) is 5.91 Å². The molecule has 0 fully saturated rings. The average Bonchev–Trinajstić information content (AvgIpc) is 3.07. The molecule has 0 unspecified atom stereocenters. The van der Waals surface area contributed by atoms with Crippen molar-refractivity contribution in [3.05, 3.63) is 33.0 Å². The minimum Gasteiger partial charge on any atom is -0.453 e. The second kappa shape index (κ2) is 10.5. The molecule has 2 rings (SSSR count). The van der Waals surface area contributed by atoms with Crippen LogP contribution in [-0.2, 0) is 14.3 Å². The minimum absolute atomic E-state index is 0.0399. The van der Waals surface area contributed by atoms with Crippen molar-refractivity contribution in [2.45, 2.75) is 58.0 Å². The van der Waals surface area contributed by atoms with Crippen LogP contribution >= 0.6 is 22.9 Å². The van der Waals surface area contributed by atoms with Gasteiger partial charge in [-0.05, 0) is 51.2 Å². The van der Waals surface area contributed by atoms with E-state index in [0.717, 1.165) is 19.3 Å². The van der Waals surface area contributed by atoms with Crippen molar-refractivity contribution in [1.82, 2.24) is 5.32 Å². The fourth-order valence-electron chi connectivity index (χ4n) is 2.73. The number of ether oxygens (including phenoxy) is 1. The van der Waals surface area contributed by atoms with E-state index in [9.17, 15) is 14.4 Å². The van der Waals surface area contributed by atoms with Gasteiger partial charge in [-0.2, -0.15) is 0 Å². The summed E-state index contributed by atoms with van der Waals surface area (Å²) in [5.74, 6) is -1.03. The number of ketones is 1. The second-order valence-corrected chi connectivity index (χ2v) is 8.02. The largest absolute Gasteiger partial charge is 0.453 e. The molecule has 5 nitrogen and oxygen atoms in total. The fourth-order valence-corrected chi connectivity index (χ4v) is 3.74. The molecule has 0 radical (unpaired) electrons. The second-order valence-electron chi connectivity index (χ2n) is 6.31. The lowest BCUT2D eigenvalue weighted by atomic mass is 9.97. The Kier molecular flexibility index (Phi) is 8.32. The molecule has 1 aromatic rings.